The van der Waals surface area contributed by atoms with E-state index in [1.54, 1.807) is 7.11 Å². The summed E-state index contributed by atoms with van der Waals surface area (Å²) in [4.78, 5) is 0. The number of methoxy groups -OCH3 is 1. The van der Waals surface area contributed by atoms with Crippen molar-refractivity contribution in [1.82, 2.24) is 5.32 Å². The van der Waals surface area contributed by atoms with Crippen LogP contribution in [0.4, 0.5) is 0 Å². The number of fused-ring (bicyclic) bond motifs is 1. The van der Waals surface area contributed by atoms with Crippen LogP contribution in [0.2, 0.25) is 0 Å². The van der Waals surface area contributed by atoms with Crippen molar-refractivity contribution in [2.75, 3.05) is 26.8 Å². The minimum absolute atomic E-state index is 0.255. The molecule has 0 aliphatic rings. The van der Waals surface area contributed by atoms with Crippen LogP contribution in [0.25, 0.3) is 10.8 Å². The lowest BCUT2D eigenvalue weighted by Gasteiger charge is -2.07. The summed E-state index contributed by atoms with van der Waals surface area (Å²) < 4.78 is 5.22. The Bertz CT molecular complexity index is 525. The molecule has 19 heavy (non-hydrogen) atoms. The van der Waals surface area contributed by atoms with Gasteiger partial charge in [-0.2, -0.15) is 0 Å². The molecular weight excluding hydrogens is 238 g/mol. The average molecular weight is 259 g/mol. The van der Waals surface area contributed by atoms with Crippen LogP contribution in [0.5, 0.6) is 5.75 Å². The molecular formula is C16H21NO2. The minimum Gasteiger partial charge on any atom is -0.497 e. The van der Waals surface area contributed by atoms with E-state index in [4.69, 9.17) is 9.84 Å². The number of rotatable bonds is 7. The van der Waals surface area contributed by atoms with Gasteiger partial charge in [0.2, 0.25) is 0 Å². The summed E-state index contributed by atoms with van der Waals surface area (Å²) >= 11 is 0. The first-order chi connectivity index (χ1) is 9.33. The second-order valence-corrected chi connectivity index (χ2v) is 4.62. The van der Waals surface area contributed by atoms with Gasteiger partial charge in [-0.3, -0.25) is 0 Å². The normalized spacial score (nSPS) is 10.8. The van der Waals surface area contributed by atoms with Gasteiger partial charge in [-0.05, 0) is 54.4 Å². The third-order valence-electron chi connectivity index (χ3n) is 3.21. The number of nitrogens with one attached hydrogen (secondary N) is 1. The van der Waals surface area contributed by atoms with Crippen LogP contribution in [0.3, 0.4) is 0 Å². The molecule has 2 aromatic carbocycles. The van der Waals surface area contributed by atoms with E-state index in [0.717, 1.165) is 31.7 Å². The lowest BCUT2D eigenvalue weighted by molar-refractivity contribution is 0.286. The summed E-state index contributed by atoms with van der Waals surface area (Å²) in [7, 11) is 1.69. The maximum atomic E-state index is 8.69. The number of hydrogen-bond donors (Lipinski definition) is 2. The zero-order chi connectivity index (χ0) is 13.5. The first-order valence-electron chi connectivity index (χ1n) is 6.72. The van der Waals surface area contributed by atoms with Gasteiger partial charge >= 0.3 is 0 Å². The Hall–Kier alpha value is -1.58. The molecule has 0 saturated carbocycles. The first kappa shape index (κ1) is 13.8. The first-order valence-corrected chi connectivity index (χ1v) is 6.72. The molecule has 0 spiro atoms. The van der Waals surface area contributed by atoms with Crippen LogP contribution in [-0.2, 0) is 6.42 Å². The Kier molecular flexibility index (Phi) is 5.19. The largest absolute Gasteiger partial charge is 0.497 e. The van der Waals surface area contributed by atoms with E-state index in [-0.39, 0.29) is 6.61 Å². The van der Waals surface area contributed by atoms with Gasteiger partial charge in [0.15, 0.2) is 0 Å². The molecule has 0 atom stereocenters. The van der Waals surface area contributed by atoms with Gasteiger partial charge in [0.05, 0.1) is 7.11 Å². The molecule has 0 radical (unpaired) electrons. The summed E-state index contributed by atoms with van der Waals surface area (Å²) in [5.41, 5.74) is 1.33. The summed E-state index contributed by atoms with van der Waals surface area (Å²) in [6, 6.07) is 12.7. The van der Waals surface area contributed by atoms with Gasteiger partial charge in [-0.25, -0.2) is 0 Å². The molecule has 0 aliphatic heterocycles. The third kappa shape index (κ3) is 3.94. The number of benzene rings is 2. The molecule has 3 heteroatoms. The summed E-state index contributed by atoms with van der Waals surface area (Å²) in [6.07, 6.45) is 1.82. The van der Waals surface area contributed by atoms with Crippen molar-refractivity contribution < 1.29 is 9.84 Å². The van der Waals surface area contributed by atoms with Gasteiger partial charge in [0.1, 0.15) is 5.75 Å². The molecule has 2 aromatic rings. The van der Waals surface area contributed by atoms with E-state index in [1.807, 2.05) is 6.07 Å². The highest BCUT2D eigenvalue weighted by atomic mass is 16.5. The lowest BCUT2D eigenvalue weighted by atomic mass is 10.0. The van der Waals surface area contributed by atoms with Crippen LogP contribution in [0.1, 0.15) is 12.0 Å². The zero-order valence-corrected chi connectivity index (χ0v) is 11.4. The van der Waals surface area contributed by atoms with Crippen LogP contribution in [0, 0.1) is 0 Å². The Morgan fingerprint density at radius 3 is 2.63 bits per heavy atom. The fraction of sp³-hybridized carbons (Fsp3) is 0.375. The predicted octanol–water partition coefficient (Wildman–Crippen LogP) is 2.36. The smallest absolute Gasteiger partial charge is 0.119 e. The fourth-order valence-electron chi connectivity index (χ4n) is 2.12. The standard InChI is InChI=1S/C16H21NO2/c1-19-16-6-5-14-11-13(3-4-15(14)12-16)7-9-17-8-2-10-18/h3-6,11-12,17-18H,2,7-10H2,1H3. The van der Waals surface area contributed by atoms with E-state index in [0.29, 0.717) is 0 Å². The molecule has 0 bridgehead atoms. The van der Waals surface area contributed by atoms with Gasteiger partial charge in [0, 0.05) is 6.61 Å². The van der Waals surface area contributed by atoms with Crippen molar-refractivity contribution in [3.8, 4) is 5.75 Å². The molecule has 102 valence electrons. The van der Waals surface area contributed by atoms with E-state index in [1.165, 1.54) is 16.3 Å². The van der Waals surface area contributed by atoms with E-state index in [9.17, 15) is 0 Å². The maximum absolute atomic E-state index is 8.69. The fourth-order valence-corrected chi connectivity index (χ4v) is 2.12. The number of hydrogen-bond acceptors (Lipinski definition) is 3. The maximum Gasteiger partial charge on any atom is 0.119 e. The molecule has 2 rings (SSSR count). The number of aliphatic hydroxyl groups excluding tert-OH is 1. The molecule has 0 fully saturated rings. The van der Waals surface area contributed by atoms with Crippen LogP contribution >= 0.6 is 0 Å². The Morgan fingerprint density at radius 1 is 1.05 bits per heavy atom. The monoisotopic (exact) mass is 259 g/mol. The minimum atomic E-state index is 0.255. The Balaban J connectivity index is 1.97. The second-order valence-electron chi connectivity index (χ2n) is 4.62. The van der Waals surface area contributed by atoms with Crippen LogP contribution < -0.4 is 10.1 Å². The van der Waals surface area contributed by atoms with Crippen molar-refractivity contribution in [3.05, 3.63) is 42.0 Å². The van der Waals surface area contributed by atoms with Crippen LogP contribution in [-0.4, -0.2) is 31.9 Å². The Labute approximate surface area is 114 Å². The van der Waals surface area contributed by atoms with E-state index < -0.39 is 0 Å². The SMILES string of the molecule is COc1ccc2cc(CCNCCCO)ccc2c1. The second kappa shape index (κ2) is 7.12. The average Bonchev–Trinajstić information content (AvgIpc) is 2.46. The molecule has 0 aromatic heterocycles. The molecule has 2 N–H and O–H groups in total. The van der Waals surface area contributed by atoms with Crippen molar-refractivity contribution >= 4 is 10.8 Å². The Morgan fingerprint density at radius 2 is 1.84 bits per heavy atom. The lowest BCUT2D eigenvalue weighted by Crippen LogP contribution is -2.19. The summed E-state index contributed by atoms with van der Waals surface area (Å²) in [5.74, 6) is 0.894. The highest BCUT2D eigenvalue weighted by Crippen LogP contribution is 2.21. The predicted molar refractivity (Wildman–Crippen MR) is 78.8 cm³/mol. The molecule has 0 saturated heterocycles. The van der Waals surface area contributed by atoms with Gasteiger partial charge in [-0.1, -0.05) is 24.3 Å². The third-order valence-corrected chi connectivity index (χ3v) is 3.21. The van der Waals surface area contributed by atoms with Gasteiger partial charge in [0.25, 0.3) is 0 Å². The van der Waals surface area contributed by atoms with Crippen molar-refractivity contribution in [2.45, 2.75) is 12.8 Å². The van der Waals surface area contributed by atoms with Crippen LogP contribution in [0.15, 0.2) is 36.4 Å². The molecule has 0 unspecified atom stereocenters. The highest BCUT2D eigenvalue weighted by Gasteiger charge is 1.99. The highest BCUT2D eigenvalue weighted by molar-refractivity contribution is 5.84. The molecule has 0 heterocycles. The molecule has 0 amide bonds. The van der Waals surface area contributed by atoms with E-state index >= 15 is 0 Å². The van der Waals surface area contributed by atoms with Gasteiger partial charge < -0.3 is 15.2 Å². The molecule has 0 aliphatic carbocycles. The van der Waals surface area contributed by atoms with Crippen molar-refractivity contribution in [3.63, 3.8) is 0 Å². The zero-order valence-electron chi connectivity index (χ0n) is 11.4. The summed E-state index contributed by atoms with van der Waals surface area (Å²) in [5, 5.41) is 14.5. The molecule has 3 nitrogen and oxygen atoms in total. The topological polar surface area (TPSA) is 41.5 Å². The summed E-state index contributed by atoms with van der Waals surface area (Å²) in [6.45, 7) is 2.08. The quantitative estimate of drug-likeness (QED) is 0.750. The van der Waals surface area contributed by atoms with Crippen molar-refractivity contribution in [1.29, 1.82) is 0 Å². The van der Waals surface area contributed by atoms with Gasteiger partial charge in [-0.15, -0.1) is 0 Å². The number of ether oxygens (including phenoxy) is 1. The van der Waals surface area contributed by atoms with Crippen molar-refractivity contribution in [2.24, 2.45) is 0 Å². The van der Waals surface area contributed by atoms with E-state index in [2.05, 4.69) is 35.6 Å². The number of aliphatic hydroxyl groups is 1.